The molecule has 0 saturated heterocycles. The maximum atomic E-state index is 13.5. The van der Waals surface area contributed by atoms with Gasteiger partial charge in [0, 0.05) is 4.47 Å². The predicted molar refractivity (Wildman–Crippen MR) is 131 cm³/mol. The van der Waals surface area contributed by atoms with Crippen molar-refractivity contribution < 1.29 is 18.7 Å². The second kappa shape index (κ2) is 10.0. The minimum absolute atomic E-state index is 0.195. The zero-order chi connectivity index (χ0) is 23.4. The molecule has 3 aromatic carbocycles. The van der Waals surface area contributed by atoms with E-state index in [4.69, 9.17) is 9.47 Å². The number of para-hydroxylation sites is 1. The lowest BCUT2D eigenvalue weighted by atomic mass is 10.1. The smallest absolute Gasteiger partial charge is 0.280 e. The normalized spacial score (nSPS) is 14.5. The number of anilines is 1. The second-order valence-electron chi connectivity index (χ2n) is 7.37. The maximum absolute atomic E-state index is 13.5. The van der Waals surface area contributed by atoms with E-state index in [0.29, 0.717) is 40.6 Å². The van der Waals surface area contributed by atoms with Gasteiger partial charge in [0.05, 0.1) is 23.6 Å². The Morgan fingerprint density at radius 1 is 1.03 bits per heavy atom. The Kier molecular flexibility index (Phi) is 6.89. The quantitative estimate of drug-likeness (QED) is 0.348. The minimum atomic E-state index is -0.313. The second-order valence-corrected chi connectivity index (χ2v) is 8.22. The first-order chi connectivity index (χ1) is 16.0. The Balaban J connectivity index is 1.61. The Morgan fingerprint density at radius 2 is 1.79 bits per heavy atom. The Hall–Kier alpha value is -3.45. The van der Waals surface area contributed by atoms with Crippen LogP contribution in [0.5, 0.6) is 11.5 Å². The van der Waals surface area contributed by atoms with E-state index in [1.807, 2.05) is 43.3 Å². The number of benzene rings is 3. The van der Waals surface area contributed by atoms with Gasteiger partial charge in [0.15, 0.2) is 11.5 Å². The molecule has 0 atom stereocenters. The van der Waals surface area contributed by atoms with Gasteiger partial charge >= 0.3 is 0 Å². The van der Waals surface area contributed by atoms with Gasteiger partial charge in [-0.1, -0.05) is 46.3 Å². The van der Waals surface area contributed by atoms with E-state index >= 15 is 0 Å². The van der Waals surface area contributed by atoms with Crippen LogP contribution in [-0.4, -0.2) is 18.2 Å². The number of nitrogens with zero attached hydrogens (tertiary/aromatic N) is 2. The first-order valence-electron chi connectivity index (χ1n) is 10.5. The number of carbonyl (C=O) groups is 1. The van der Waals surface area contributed by atoms with Crippen LogP contribution in [0.25, 0.3) is 6.08 Å². The van der Waals surface area contributed by atoms with Crippen LogP contribution >= 0.6 is 15.9 Å². The van der Waals surface area contributed by atoms with Crippen LogP contribution in [0, 0.1) is 5.82 Å². The van der Waals surface area contributed by atoms with Crippen molar-refractivity contribution >= 4 is 39.3 Å². The summed E-state index contributed by atoms with van der Waals surface area (Å²) in [4.78, 5) is 13.0. The van der Waals surface area contributed by atoms with E-state index in [1.165, 1.54) is 17.1 Å². The highest BCUT2D eigenvalue weighted by Crippen LogP contribution is 2.36. The summed E-state index contributed by atoms with van der Waals surface area (Å²) in [7, 11) is 0. The molecule has 0 saturated carbocycles. The molecule has 0 aromatic heterocycles. The molecular weight excluding hydrogens is 487 g/mol. The molecule has 1 aliphatic heterocycles. The van der Waals surface area contributed by atoms with E-state index in [1.54, 1.807) is 31.2 Å². The van der Waals surface area contributed by atoms with Crippen LogP contribution in [0.15, 0.2) is 81.9 Å². The minimum Gasteiger partial charge on any atom is -0.490 e. The number of carbonyl (C=O) groups excluding carboxylic acids is 1. The van der Waals surface area contributed by atoms with Crippen LogP contribution in [0.4, 0.5) is 10.1 Å². The lowest BCUT2D eigenvalue weighted by Crippen LogP contribution is -2.21. The summed E-state index contributed by atoms with van der Waals surface area (Å²) in [6.45, 7) is 4.32. The number of rotatable bonds is 7. The topological polar surface area (TPSA) is 51.1 Å². The van der Waals surface area contributed by atoms with E-state index in [-0.39, 0.29) is 18.3 Å². The molecule has 1 aliphatic rings. The summed E-state index contributed by atoms with van der Waals surface area (Å²) in [6.07, 6.45) is 1.78. The first kappa shape index (κ1) is 22.7. The van der Waals surface area contributed by atoms with Crippen molar-refractivity contribution in [2.75, 3.05) is 11.6 Å². The van der Waals surface area contributed by atoms with Gasteiger partial charge in [-0.3, -0.25) is 4.79 Å². The molecule has 0 fully saturated rings. The number of ether oxygens (including phenoxy) is 2. The summed E-state index contributed by atoms with van der Waals surface area (Å²) in [5, 5.41) is 5.82. The van der Waals surface area contributed by atoms with Crippen LogP contribution in [-0.2, 0) is 11.4 Å². The lowest BCUT2D eigenvalue weighted by Gasteiger charge is -2.15. The molecule has 0 bridgehead atoms. The lowest BCUT2D eigenvalue weighted by molar-refractivity contribution is -0.114. The molecule has 33 heavy (non-hydrogen) atoms. The highest BCUT2D eigenvalue weighted by Gasteiger charge is 2.29. The molecule has 168 valence electrons. The van der Waals surface area contributed by atoms with Crippen molar-refractivity contribution in [1.82, 2.24) is 0 Å². The fraction of sp³-hybridized carbons (Fsp3) is 0.154. The van der Waals surface area contributed by atoms with Gasteiger partial charge in [0.1, 0.15) is 12.4 Å². The van der Waals surface area contributed by atoms with Gasteiger partial charge in [0.25, 0.3) is 5.91 Å². The van der Waals surface area contributed by atoms with E-state index in [9.17, 15) is 9.18 Å². The van der Waals surface area contributed by atoms with Crippen LogP contribution in [0.1, 0.15) is 25.0 Å². The van der Waals surface area contributed by atoms with Crippen LogP contribution in [0.2, 0.25) is 0 Å². The largest absolute Gasteiger partial charge is 0.490 e. The number of halogens is 2. The number of amides is 1. The first-order valence-corrected chi connectivity index (χ1v) is 11.3. The van der Waals surface area contributed by atoms with E-state index in [2.05, 4.69) is 21.0 Å². The van der Waals surface area contributed by atoms with Gasteiger partial charge in [0.2, 0.25) is 0 Å². The van der Waals surface area contributed by atoms with Gasteiger partial charge in [-0.05, 0) is 67.4 Å². The SMILES string of the molecule is CCOc1cc(/C=C2/C(=O)N(c3ccccc3)N=C2C)c(Br)cc1OCc1cccc(F)c1. The molecular formula is C26H22BrFN2O3. The van der Waals surface area contributed by atoms with Crippen molar-refractivity contribution in [2.24, 2.45) is 5.10 Å². The number of hydrogen-bond acceptors (Lipinski definition) is 4. The third-order valence-corrected chi connectivity index (χ3v) is 5.70. The fourth-order valence-electron chi connectivity index (χ4n) is 3.41. The molecule has 4 rings (SSSR count). The third-order valence-electron chi connectivity index (χ3n) is 5.01. The summed E-state index contributed by atoms with van der Waals surface area (Å²) in [6, 6.07) is 19.2. The van der Waals surface area contributed by atoms with Crippen molar-refractivity contribution in [2.45, 2.75) is 20.5 Å². The van der Waals surface area contributed by atoms with Crippen molar-refractivity contribution in [3.8, 4) is 11.5 Å². The van der Waals surface area contributed by atoms with Crippen LogP contribution < -0.4 is 14.5 Å². The summed E-state index contributed by atoms with van der Waals surface area (Å²) < 4.78 is 25.9. The van der Waals surface area contributed by atoms with Crippen molar-refractivity contribution in [3.63, 3.8) is 0 Å². The third kappa shape index (κ3) is 5.14. The van der Waals surface area contributed by atoms with Gasteiger partial charge in [-0.25, -0.2) is 4.39 Å². The summed E-state index contributed by atoms with van der Waals surface area (Å²) in [5.74, 6) is 0.537. The van der Waals surface area contributed by atoms with E-state index in [0.717, 1.165) is 10.0 Å². The van der Waals surface area contributed by atoms with Crippen LogP contribution in [0.3, 0.4) is 0 Å². The molecule has 3 aromatic rings. The number of hydrazone groups is 1. The Labute approximate surface area is 200 Å². The van der Waals surface area contributed by atoms with Gasteiger partial charge in [-0.15, -0.1) is 0 Å². The average molecular weight is 509 g/mol. The zero-order valence-electron chi connectivity index (χ0n) is 18.2. The average Bonchev–Trinajstić information content (AvgIpc) is 3.09. The highest BCUT2D eigenvalue weighted by atomic mass is 79.9. The number of hydrogen-bond donors (Lipinski definition) is 0. The summed E-state index contributed by atoms with van der Waals surface area (Å²) in [5.41, 5.74) is 3.30. The van der Waals surface area contributed by atoms with Gasteiger partial charge in [-0.2, -0.15) is 10.1 Å². The molecule has 0 aliphatic carbocycles. The summed E-state index contributed by atoms with van der Waals surface area (Å²) >= 11 is 3.57. The molecule has 0 N–H and O–H groups in total. The fourth-order valence-corrected chi connectivity index (χ4v) is 3.85. The monoisotopic (exact) mass is 508 g/mol. The molecule has 7 heteroatoms. The standard InChI is InChI=1S/C26H22BrFN2O3/c1-3-32-24-14-19(23(27)15-25(24)33-16-18-8-7-9-20(28)12-18)13-22-17(2)29-30(26(22)31)21-10-5-4-6-11-21/h4-15H,3,16H2,1-2H3/b22-13+. The highest BCUT2D eigenvalue weighted by molar-refractivity contribution is 9.10. The Bertz CT molecular complexity index is 1240. The molecule has 0 unspecified atom stereocenters. The molecule has 1 heterocycles. The molecule has 5 nitrogen and oxygen atoms in total. The van der Waals surface area contributed by atoms with Crippen molar-refractivity contribution in [1.29, 1.82) is 0 Å². The predicted octanol–water partition coefficient (Wildman–Crippen LogP) is 6.37. The molecule has 0 radical (unpaired) electrons. The van der Waals surface area contributed by atoms with Gasteiger partial charge < -0.3 is 9.47 Å². The zero-order valence-corrected chi connectivity index (χ0v) is 19.8. The maximum Gasteiger partial charge on any atom is 0.280 e. The molecule has 1 amide bonds. The Morgan fingerprint density at radius 3 is 2.52 bits per heavy atom. The van der Waals surface area contributed by atoms with Crippen molar-refractivity contribution in [3.05, 3.63) is 93.7 Å². The van der Waals surface area contributed by atoms with E-state index < -0.39 is 0 Å². The molecule has 0 spiro atoms.